The topological polar surface area (TPSA) is 60.7 Å². The quantitative estimate of drug-likeness (QED) is 0.440. The highest BCUT2D eigenvalue weighted by Crippen LogP contribution is 2.37. The average Bonchev–Trinajstić information content (AvgIpc) is 2.74. The molecule has 3 heteroatoms. The van der Waals surface area contributed by atoms with Gasteiger partial charge < -0.3 is 15.3 Å². The number of aliphatic hydroxyl groups is 3. The largest absolute Gasteiger partial charge is 0.389 e. The van der Waals surface area contributed by atoms with Gasteiger partial charge in [-0.1, -0.05) is 82.3 Å². The van der Waals surface area contributed by atoms with Gasteiger partial charge in [0.25, 0.3) is 0 Å². The van der Waals surface area contributed by atoms with Crippen LogP contribution in [0.15, 0.2) is 48.5 Å². The first kappa shape index (κ1) is 24.3. The van der Waals surface area contributed by atoms with Crippen LogP contribution in [0.25, 0.3) is 6.08 Å². The van der Waals surface area contributed by atoms with E-state index >= 15 is 0 Å². The normalized spacial score (nSPS) is 13.5. The molecule has 0 aliphatic rings. The Morgan fingerprint density at radius 3 is 2.07 bits per heavy atom. The first-order valence-corrected chi connectivity index (χ1v) is 11.1. The number of aliphatic hydroxyl groups excluding tert-OH is 2. The van der Waals surface area contributed by atoms with Gasteiger partial charge >= 0.3 is 0 Å². The van der Waals surface area contributed by atoms with Crippen LogP contribution in [0.3, 0.4) is 0 Å². The van der Waals surface area contributed by atoms with Crippen molar-refractivity contribution in [1.29, 1.82) is 0 Å². The standard InChI is InChI=1S/C27H38O3/c1-6-27(7-2,17-16-21-8-10-23(11-9-21)26(29)30)24-14-12-22(20(5)18-24)13-15-25(28)19(3)4/h8-15,18-19,25-26,28-30H,6-7,16-17H2,1-5H3. The third kappa shape index (κ3) is 6.04. The number of hydrogen-bond donors (Lipinski definition) is 3. The van der Waals surface area contributed by atoms with E-state index in [4.69, 9.17) is 0 Å². The molecule has 0 aromatic heterocycles. The van der Waals surface area contributed by atoms with Gasteiger partial charge in [-0.2, -0.15) is 0 Å². The molecule has 2 aromatic rings. The predicted octanol–water partition coefficient (Wildman–Crippen LogP) is 5.70. The molecule has 0 fully saturated rings. The SMILES string of the molecule is CCC(CC)(CCc1ccc(C(O)O)cc1)c1ccc(C=CC(O)C(C)C)c(C)c1. The maximum atomic E-state index is 10.0. The molecule has 1 unspecified atom stereocenters. The average molecular weight is 411 g/mol. The van der Waals surface area contributed by atoms with Crippen molar-refractivity contribution in [2.75, 3.05) is 0 Å². The summed E-state index contributed by atoms with van der Waals surface area (Å²) in [6, 6.07) is 14.3. The Labute approximate surface area is 182 Å². The smallest absolute Gasteiger partial charge is 0.178 e. The predicted molar refractivity (Wildman–Crippen MR) is 125 cm³/mol. The van der Waals surface area contributed by atoms with E-state index in [0.717, 1.165) is 31.2 Å². The van der Waals surface area contributed by atoms with Crippen LogP contribution in [-0.4, -0.2) is 21.4 Å². The maximum Gasteiger partial charge on any atom is 0.178 e. The fourth-order valence-electron chi connectivity index (χ4n) is 4.01. The fourth-order valence-corrected chi connectivity index (χ4v) is 4.01. The molecule has 2 aromatic carbocycles. The van der Waals surface area contributed by atoms with E-state index in [1.165, 1.54) is 16.7 Å². The van der Waals surface area contributed by atoms with Gasteiger partial charge in [0.2, 0.25) is 0 Å². The summed E-state index contributed by atoms with van der Waals surface area (Å²) in [4.78, 5) is 0. The van der Waals surface area contributed by atoms with Crippen LogP contribution in [0.1, 0.15) is 81.1 Å². The molecule has 3 N–H and O–H groups in total. The molecule has 0 spiro atoms. The van der Waals surface area contributed by atoms with Crippen molar-refractivity contribution in [3.8, 4) is 0 Å². The van der Waals surface area contributed by atoms with Gasteiger partial charge in [0.1, 0.15) is 0 Å². The van der Waals surface area contributed by atoms with Crippen molar-refractivity contribution >= 4 is 6.08 Å². The van der Waals surface area contributed by atoms with Gasteiger partial charge in [-0.15, -0.1) is 0 Å². The Morgan fingerprint density at radius 1 is 0.933 bits per heavy atom. The fraction of sp³-hybridized carbons (Fsp3) is 0.481. The zero-order chi connectivity index (χ0) is 22.3. The third-order valence-corrected chi connectivity index (χ3v) is 6.56. The van der Waals surface area contributed by atoms with E-state index in [0.29, 0.717) is 5.56 Å². The lowest BCUT2D eigenvalue weighted by Gasteiger charge is -2.33. The molecule has 0 radical (unpaired) electrons. The van der Waals surface area contributed by atoms with E-state index in [9.17, 15) is 15.3 Å². The van der Waals surface area contributed by atoms with Gasteiger partial charge in [0.05, 0.1) is 6.10 Å². The van der Waals surface area contributed by atoms with Crippen LogP contribution in [0.2, 0.25) is 0 Å². The molecule has 30 heavy (non-hydrogen) atoms. The lowest BCUT2D eigenvalue weighted by molar-refractivity contribution is -0.0424. The minimum absolute atomic E-state index is 0.111. The van der Waals surface area contributed by atoms with E-state index in [1.807, 2.05) is 38.1 Å². The summed E-state index contributed by atoms with van der Waals surface area (Å²) in [5.41, 5.74) is 5.60. The van der Waals surface area contributed by atoms with Gasteiger partial charge in [-0.05, 0) is 66.2 Å². The zero-order valence-corrected chi connectivity index (χ0v) is 19.1. The van der Waals surface area contributed by atoms with Gasteiger partial charge in [-0.25, -0.2) is 0 Å². The van der Waals surface area contributed by atoms with Crippen molar-refractivity contribution in [2.24, 2.45) is 5.92 Å². The molecule has 164 valence electrons. The Kier molecular flexibility index (Phi) is 8.84. The first-order valence-electron chi connectivity index (χ1n) is 11.1. The molecule has 3 nitrogen and oxygen atoms in total. The second-order valence-electron chi connectivity index (χ2n) is 8.77. The van der Waals surface area contributed by atoms with E-state index < -0.39 is 12.4 Å². The van der Waals surface area contributed by atoms with Crippen LogP contribution < -0.4 is 0 Å². The molecule has 0 heterocycles. The van der Waals surface area contributed by atoms with Gasteiger partial charge in [-0.3, -0.25) is 0 Å². The maximum absolute atomic E-state index is 10.0. The highest BCUT2D eigenvalue weighted by Gasteiger charge is 2.28. The summed E-state index contributed by atoms with van der Waals surface area (Å²) in [5.74, 6) is 0.211. The summed E-state index contributed by atoms with van der Waals surface area (Å²) in [6.45, 7) is 10.7. The summed E-state index contributed by atoms with van der Waals surface area (Å²) in [5, 5.41) is 28.6. The minimum atomic E-state index is -1.42. The number of rotatable bonds is 10. The second-order valence-corrected chi connectivity index (χ2v) is 8.77. The molecule has 0 saturated carbocycles. The molecule has 1 atom stereocenters. The Hall–Kier alpha value is -1.94. The monoisotopic (exact) mass is 410 g/mol. The van der Waals surface area contributed by atoms with Crippen LogP contribution in [-0.2, 0) is 11.8 Å². The van der Waals surface area contributed by atoms with Crippen LogP contribution >= 0.6 is 0 Å². The van der Waals surface area contributed by atoms with E-state index in [-0.39, 0.29) is 11.3 Å². The summed E-state index contributed by atoms with van der Waals surface area (Å²) < 4.78 is 0. The van der Waals surface area contributed by atoms with E-state index in [1.54, 1.807) is 12.1 Å². The molecule has 0 aliphatic carbocycles. The lowest BCUT2D eigenvalue weighted by atomic mass is 9.71. The molecular formula is C27H38O3. The van der Waals surface area contributed by atoms with Crippen LogP contribution in [0, 0.1) is 12.8 Å². The van der Waals surface area contributed by atoms with Crippen LogP contribution in [0.4, 0.5) is 0 Å². The van der Waals surface area contributed by atoms with Crippen molar-refractivity contribution in [3.05, 3.63) is 76.4 Å². The molecule has 0 bridgehead atoms. The zero-order valence-electron chi connectivity index (χ0n) is 19.1. The number of benzene rings is 2. The van der Waals surface area contributed by atoms with Gasteiger partial charge in [0, 0.05) is 5.56 Å². The van der Waals surface area contributed by atoms with Crippen molar-refractivity contribution < 1.29 is 15.3 Å². The third-order valence-electron chi connectivity index (χ3n) is 6.56. The summed E-state index contributed by atoms with van der Waals surface area (Å²) >= 11 is 0. The molecule has 0 amide bonds. The van der Waals surface area contributed by atoms with E-state index in [2.05, 4.69) is 39.0 Å². The summed E-state index contributed by atoms with van der Waals surface area (Å²) in [6.07, 6.45) is 6.20. The Balaban J connectivity index is 2.20. The Bertz CT molecular complexity index is 815. The minimum Gasteiger partial charge on any atom is -0.389 e. The van der Waals surface area contributed by atoms with Crippen molar-refractivity contribution in [3.63, 3.8) is 0 Å². The van der Waals surface area contributed by atoms with Crippen molar-refractivity contribution in [1.82, 2.24) is 0 Å². The molecule has 0 saturated heterocycles. The molecule has 0 aliphatic heterocycles. The second kappa shape index (κ2) is 10.9. The molecular weight excluding hydrogens is 372 g/mol. The summed E-state index contributed by atoms with van der Waals surface area (Å²) in [7, 11) is 0. The van der Waals surface area contributed by atoms with Gasteiger partial charge in [0.15, 0.2) is 6.29 Å². The number of aryl methyl sites for hydroxylation is 2. The lowest BCUT2D eigenvalue weighted by Crippen LogP contribution is -2.25. The molecule has 2 rings (SSSR count). The van der Waals surface area contributed by atoms with Crippen LogP contribution in [0.5, 0.6) is 0 Å². The highest BCUT2D eigenvalue weighted by atomic mass is 16.5. The Morgan fingerprint density at radius 2 is 1.57 bits per heavy atom. The highest BCUT2D eigenvalue weighted by molar-refractivity contribution is 5.55. The first-order chi connectivity index (χ1) is 14.2. The number of hydrogen-bond acceptors (Lipinski definition) is 3. The van der Waals surface area contributed by atoms with Crippen molar-refractivity contribution in [2.45, 2.75) is 78.1 Å².